The minimum Gasteiger partial charge on any atom is -0.347 e. The third kappa shape index (κ3) is 2.14. The summed E-state index contributed by atoms with van der Waals surface area (Å²) in [6.07, 6.45) is 0.792. The summed E-state index contributed by atoms with van der Waals surface area (Å²) in [4.78, 5) is 0. The molecule has 3 rings (SSSR count). The molecule has 0 spiro atoms. The van der Waals surface area contributed by atoms with Crippen LogP contribution in [0.5, 0.6) is 0 Å². The van der Waals surface area contributed by atoms with Crippen molar-refractivity contribution in [2.75, 3.05) is 0 Å². The highest BCUT2D eigenvalue weighted by molar-refractivity contribution is 5.35. The molecule has 0 aromatic heterocycles. The molecule has 0 radical (unpaired) electrons. The Balaban J connectivity index is 2.05. The van der Waals surface area contributed by atoms with E-state index in [-0.39, 0.29) is 11.5 Å². The highest BCUT2D eigenvalue weighted by atomic mass is 16.5. The molecule has 2 aromatic rings. The van der Waals surface area contributed by atoms with E-state index in [1.807, 2.05) is 48.5 Å². The fourth-order valence-corrected chi connectivity index (χ4v) is 3.25. The Morgan fingerprint density at radius 3 is 2.14 bits per heavy atom. The molecule has 2 aromatic carbocycles. The normalized spacial score (nSPS) is 27.2. The number of nitriles is 1. The first-order valence-electron chi connectivity index (χ1n) is 7.29. The average Bonchev–Trinajstić information content (AvgIpc) is 2.81. The van der Waals surface area contributed by atoms with Gasteiger partial charge in [-0.25, -0.2) is 0 Å². The zero-order valence-corrected chi connectivity index (χ0v) is 12.4. The molecular weight excluding hydrogens is 258 g/mol. The molecule has 2 nitrogen and oxygen atoms in total. The number of ether oxygens (including phenoxy) is 1. The molecule has 1 saturated heterocycles. The van der Waals surface area contributed by atoms with Crippen LogP contribution in [-0.4, -0.2) is 0 Å². The molecule has 0 N–H and O–H groups in total. The standard InChI is InChI=1S/C19H19NO/c1-18(2)13-17(15-9-5-3-6-10-15)21-19(18,14-20)16-11-7-4-8-12-16/h3-12,17H,13H2,1-2H3/t17-,19+/m0/s1. The van der Waals surface area contributed by atoms with Crippen molar-refractivity contribution in [1.29, 1.82) is 5.26 Å². The van der Waals surface area contributed by atoms with Crippen LogP contribution in [0.25, 0.3) is 0 Å². The van der Waals surface area contributed by atoms with E-state index in [0.29, 0.717) is 0 Å². The maximum atomic E-state index is 9.90. The predicted molar refractivity (Wildman–Crippen MR) is 82.4 cm³/mol. The van der Waals surface area contributed by atoms with Crippen molar-refractivity contribution >= 4 is 0 Å². The number of nitrogens with zero attached hydrogens (tertiary/aromatic N) is 1. The molecule has 0 bridgehead atoms. The lowest BCUT2D eigenvalue weighted by Crippen LogP contribution is -2.37. The third-order valence-electron chi connectivity index (χ3n) is 4.48. The molecule has 0 unspecified atom stereocenters. The van der Waals surface area contributed by atoms with E-state index in [1.165, 1.54) is 0 Å². The quantitative estimate of drug-likeness (QED) is 0.804. The van der Waals surface area contributed by atoms with E-state index in [4.69, 9.17) is 4.74 Å². The van der Waals surface area contributed by atoms with Gasteiger partial charge in [0, 0.05) is 5.41 Å². The van der Waals surface area contributed by atoms with Gasteiger partial charge in [0.25, 0.3) is 0 Å². The molecule has 1 heterocycles. The molecule has 2 heteroatoms. The van der Waals surface area contributed by atoms with Crippen molar-refractivity contribution < 1.29 is 4.74 Å². The first kappa shape index (κ1) is 13.9. The largest absolute Gasteiger partial charge is 0.347 e. The molecule has 1 aliphatic rings. The monoisotopic (exact) mass is 277 g/mol. The van der Waals surface area contributed by atoms with Gasteiger partial charge in [0.05, 0.1) is 6.10 Å². The molecule has 2 atom stereocenters. The average molecular weight is 277 g/mol. The van der Waals surface area contributed by atoms with E-state index in [9.17, 15) is 5.26 Å². The van der Waals surface area contributed by atoms with E-state index in [0.717, 1.165) is 17.5 Å². The van der Waals surface area contributed by atoms with Crippen LogP contribution in [0, 0.1) is 16.7 Å². The molecule has 0 aliphatic carbocycles. The molecule has 0 saturated carbocycles. The molecule has 106 valence electrons. The molecule has 0 amide bonds. The fraction of sp³-hybridized carbons (Fsp3) is 0.316. The van der Waals surface area contributed by atoms with Gasteiger partial charge in [-0.05, 0) is 17.5 Å². The minimum atomic E-state index is -0.894. The van der Waals surface area contributed by atoms with E-state index in [1.54, 1.807) is 0 Å². The van der Waals surface area contributed by atoms with Crippen molar-refractivity contribution in [1.82, 2.24) is 0 Å². The second-order valence-corrected chi connectivity index (χ2v) is 6.26. The lowest BCUT2D eigenvalue weighted by atomic mass is 9.71. The van der Waals surface area contributed by atoms with Gasteiger partial charge in [-0.1, -0.05) is 74.5 Å². The molecule has 21 heavy (non-hydrogen) atoms. The van der Waals surface area contributed by atoms with Gasteiger partial charge in [-0.3, -0.25) is 0 Å². The smallest absolute Gasteiger partial charge is 0.185 e. The number of hydrogen-bond donors (Lipinski definition) is 0. The highest BCUT2D eigenvalue weighted by Gasteiger charge is 2.56. The van der Waals surface area contributed by atoms with E-state index in [2.05, 4.69) is 32.0 Å². The first-order valence-corrected chi connectivity index (χ1v) is 7.29. The number of hydrogen-bond acceptors (Lipinski definition) is 2. The van der Waals surface area contributed by atoms with Gasteiger partial charge in [0.2, 0.25) is 0 Å². The second-order valence-electron chi connectivity index (χ2n) is 6.26. The summed E-state index contributed by atoms with van der Waals surface area (Å²) in [5.74, 6) is 0. The van der Waals surface area contributed by atoms with Crippen LogP contribution < -0.4 is 0 Å². The summed E-state index contributed by atoms with van der Waals surface area (Å²) in [7, 11) is 0. The Bertz CT molecular complexity index is 657. The lowest BCUT2D eigenvalue weighted by Gasteiger charge is -2.34. The second kappa shape index (κ2) is 5.02. The van der Waals surface area contributed by atoms with Gasteiger partial charge in [0.15, 0.2) is 5.60 Å². The van der Waals surface area contributed by atoms with Crippen molar-refractivity contribution in [2.24, 2.45) is 5.41 Å². The van der Waals surface area contributed by atoms with Crippen LogP contribution in [0.3, 0.4) is 0 Å². The van der Waals surface area contributed by atoms with Crippen LogP contribution in [0.15, 0.2) is 60.7 Å². The molecule has 1 aliphatic heterocycles. The zero-order chi connectivity index (χ0) is 14.9. The van der Waals surface area contributed by atoms with Gasteiger partial charge >= 0.3 is 0 Å². The lowest BCUT2D eigenvalue weighted by molar-refractivity contribution is -0.0421. The number of rotatable bonds is 2. The van der Waals surface area contributed by atoms with Crippen molar-refractivity contribution in [3.05, 3.63) is 71.8 Å². The Morgan fingerprint density at radius 1 is 1.00 bits per heavy atom. The Hall–Kier alpha value is -2.11. The summed E-state index contributed by atoms with van der Waals surface area (Å²) in [6.45, 7) is 4.23. The summed E-state index contributed by atoms with van der Waals surface area (Å²) < 4.78 is 6.32. The Morgan fingerprint density at radius 2 is 1.57 bits per heavy atom. The maximum absolute atomic E-state index is 9.90. The van der Waals surface area contributed by atoms with Crippen LogP contribution in [0.4, 0.5) is 0 Å². The SMILES string of the molecule is CC1(C)C[C@@H](c2ccccc2)O[C@]1(C#N)c1ccccc1. The summed E-state index contributed by atoms with van der Waals surface area (Å²) in [6, 6.07) is 22.5. The van der Waals surface area contributed by atoms with Gasteiger partial charge in [-0.2, -0.15) is 5.26 Å². The van der Waals surface area contributed by atoms with Crippen LogP contribution >= 0.6 is 0 Å². The van der Waals surface area contributed by atoms with Crippen LogP contribution in [0.2, 0.25) is 0 Å². The van der Waals surface area contributed by atoms with E-state index >= 15 is 0 Å². The van der Waals surface area contributed by atoms with Crippen LogP contribution in [0.1, 0.15) is 37.5 Å². The van der Waals surface area contributed by atoms with Gasteiger partial charge in [0.1, 0.15) is 6.07 Å². The van der Waals surface area contributed by atoms with E-state index < -0.39 is 5.60 Å². The third-order valence-corrected chi connectivity index (χ3v) is 4.48. The topological polar surface area (TPSA) is 33.0 Å². The summed E-state index contributed by atoms with van der Waals surface area (Å²) >= 11 is 0. The molecule has 1 fully saturated rings. The highest BCUT2D eigenvalue weighted by Crippen LogP contribution is 2.56. The van der Waals surface area contributed by atoms with Gasteiger partial charge < -0.3 is 4.74 Å². The predicted octanol–water partition coefficient (Wildman–Crippen LogP) is 4.59. The van der Waals surface area contributed by atoms with Crippen LogP contribution in [-0.2, 0) is 10.3 Å². The zero-order valence-electron chi connectivity index (χ0n) is 12.4. The summed E-state index contributed by atoms with van der Waals surface area (Å²) in [5, 5.41) is 9.90. The minimum absolute atomic E-state index is 0.0407. The fourth-order valence-electron chi connectivity index (χ4n) is 3.25. The first-order chi connectivity index (χ1) is 10.1. The van der Waals surface area contributed by atoms with Crippen molar-refractivity contribution in [3.63, 3.8) is 0 Å². The molecular formula is C19H19NO. The van der Waals surface area contributed by atoms with Crippen molar-refractivity contribution in [3.8, 4) is 6.07 Å². The number of benzene rings is 2. The Labute approximate surface area is 126 Å². The maximum Gasteiger partial charge on any atom is 0.185 e. The Kier molecular flexibility index (Phi) is 3.31. The van der Waals surface area contributed by atoms with Crippen molar-refractivity contribution in [2.45, 2.75) is 32.0 Å². The summed E-state index contributed by atoms with van der Waals surface area (Å²) in [5.41, 5.74) is 0.938. The van der Waals surface area contributed by atoms with Gasteiger partial charge in [-0.15, -0.1) is 0 Å².